The van der Waals surface area contributed by atoms with Crippen LogP contribution in [0.2, 0.25) is 0 Å². The summed E-state index contributed by atoms with van der Waals surface area (Å²) in [7, 11) is 0. The molecule has 1 aromatic rings. The second-order valence-electron chi connectivity index (χ2n) is 5.63. The van der Waals surface area contributed by atoms with E-state index in [1.54, 1.807) is 13.8 Å². The molecule has 0 spiro atoms. The van der Waals surface area contributed by atoms with Gasteiger partial charge in [-0.15, -0.1) is 0 Å². The number of aryl methyl sites for hydroxylation is 1. The number of fused-ring (bicyclic) bond motifs is 1. The highest BCUT2D eigenvalue weighted by Gasteiger charge is 2.28. The van der Waals surface area contributed by atoms with Crippen molar-refractivity contribution in [1.29, 1.82) is 0 Å². The van der Waals surface area contributed by atoms with Crippen molar-refractivity contribution in [2.24, 2.45) is 11.8 Å². The van der Waals surface area contributed by atoms with Gasteiger partial charge < -0.3 is 10.4 Å². The van der Waals surface area contributed by atoms with Gasteiger partial charge in [0.25, 0.3) is 0 Å². The van der Waals surface area contributed by atoms with E-state index in [0.717, 1.165) is 19.3 Å². The third-order valence-electron chi connectivity index (χ3n) is 4.25. The number of aliphatic carboxylic acids is 1. The number of carbonyl (C=O) groups is 2. The second kappa shape index (κ2) is 6.07. The molecule has 0 radical (unpaired) electrons. The zero-order valence-electron chi connectivity index (χ0n) is 11.9. The fraction of sp³-hybridized carbons (Fsp3) is 0.500. The van der Waals surface area contributed by atoms with Crippen molar-refractivity contribution < 1.29 is 14.7 Å². The van der Waals surface area contributed by atoms with Crippen molar-refractivity contribution in [2.75, 3.05) is 0 Å². The fourth-order valence-corrected chi connectivity index (χ4v) is 2.59. The lowest BCUT2D eigenvalue weighted by Crippen LogP contribution is -2.43. The Balaban J connectivity index is 1.95. The highest BCUT2D eigenvalue weighted by Crippen LogP contribution is 2.21. The molecule has 4 heteroatoms. The summed E-state index contributed by atoms with van der Waals surface area (Å²) in [4.78, 5) is 23.0. The van der Waals surface area contributed by atoms with Crippen molar-refractivity contribution in [2.45, 2.75) is 39.2 Å². The summed E-state index contributed by atoms with van der Waals surface area (Å²) < 4.78 is 0. The van der Waals surface area contributed by atoms with E-state index in [9.17, 15) is 9.59 Å². The van der Waals surface area contributed by atoms with Crippen LogP contribution in [0.3, 0.4) is 0 Å². The van der Waals surface area contributed by atoms with Crippen LogP contribution in [0.5, 0.6) is 0 Å². The van der Waals surface area contributed by atoms with Gasteiger partial charge in [-0.25, -0.2) is 0 Å². The number of benzene rings is 1. The molecule has 0 saturated carbocycles. The van der Waals surface area contributed by atoms with Crippen LogP contribution in [0.4, 0.5) is 0 Å². The first-order chi connectivity index (χ1) is 9.49. The maximum Gasteiger partial charge on any atom is 0.307 e. The van der Waals surface area contributed by atoms with E-state index in [2.05, 4.69) is 17.4 Å². The second-order valence-corrected chi connectivity index (χ2v) is 5.63. The Bertz CT molecular complexity index is 512. The Hall–Kier alpha value is -1.84. The number of rotatable bonds is 4. The summed E-state index contributed by atoms with van der Waals surface area (Å²) in [5.41, 5.74) is 2.63. The Morgan fingerprint density at radius 2 is 1.85 bits per heavy atom. The largest absolute Gasteiger partial charge is 0.481 e. The van der Waals surface area contributed by atoms with Crippen molar-refractivity contribution in [3.05, 3.63) is 35.4 Å². The van der Waals surface area contributed by atoms with Gasteiger partial charge in [0.05, 0.1) is 5.92 Å². The molecule has 1 aliphatic carbocycles. The van der Waals surface area contributed by atoms with Crippen LogP contribution < -0.4 is 5.32 Å². The summed E-state index contributed by atoms with van der Waals surface area (Å²) in [5.74, 6) is -2.26. The quantitative estimate of drug-likeness (QED) is 0.883. The van der Waals surface area contributed by atoms with Gasteiger partial charge in [0.1, 0.15) is 0 Å². The minimum atomic E-state index is -0.929. The van der Waals surface area contributed by atoms with E-state index in [0.29, 0.717) is 0 Å². The first-order valence-corrected chi connectivity index (χ1v) is 7.09. The fourth-order valence-electron chi connectivity index (χ4n) is 2.59. The maximum atomic E-state index is 12.1. The molecule has 20 heavy (non-hydrogen) atoms. The zero-order chi connectivity index (χ0) is 14.7. The molecule has 0 fully saturated rings. The van der Waals surface area contributed by atoms with E-state index < -0.39 is 17.8 Å². The van der Waals surface area contributed by atoms with Crippen LogP contribution in [0, 0.1) is 11.8 Å². The Kier molecular flexibility index (Phi) is 4.42. The van der Waals surface area contributed by atoms with E-state index in [4.69, 9.17) is 5.11 Å². The normalized spacial score (nSPS) is 20.6. The molecule has 2 N–H and O–H groups in total. The standard InChI is InChI=1S/C16H21NO3/c1-10(11(2)16(19)20)15(18)17-14-8-7-12-5-3-4-6-13(12)9-14/h3-6,10-11,14H,7-9H2,1-2H3,(H,17,18)(H,19,20). The molecule has 0 aliphatic heterocycles. The summed E-state index contributed by atoms with van der Waals surface area (Å²) in [5, 5.41) is 12.0. The number of carboxylic acids is 1. The lowest BCUT2D eigenvalue weighted by Gasteiger charge is -2.27. The summed E-state index contributed by atoms with van der Waals surface area (Å²) in [6.45, 7) is 3.24. The van der Waals surface area contributed by atoms with Gasteiger partial charge in [-0.1, -0.05) is 38.1 Å². The smallest absolute Gasteiger partial charge is 0.307 e. The molecule has 0 heterocycles. The first kappa shape index (κ1) is 14.6. The SMILES string of the molecule is CC(C(=O)O)C(C)C(=O)NC1CCc2ccccc2C1. The molecule has 0 bridgehead atoms. The predicted octanol–water partition coefficient (Wildman–Crippen LogP) is 2.02. The first-order valence-electron chi connectivity index (χ1n) is 7.09. The molecule has 0 aromatic heterocycles. The third-order valence-corrected chi connectivity index (χ3v) is 4.25. The minimum Gasteiger partial charge on any atom is -0.481 e. The monoisotopic (exact) mass is 275 g/mol. The van der Waals surface area contributed by atoms with Crippen LogP contribution in [-0.4, -0.2) is 23.0 Å². The summed E-state index contributed by atoms with van der Waals surface area (Å²) in [6.07, 6.45) is 2.71. The van der Waals surface area contributed by atoms with Gasteiger partial charge in [-0.3, -0.25) is 9.59 Å². The molecule has 3 unspecified atom stereocenters. The van der Waals surface area contributed by atoms with Gasteiger partial charge in [-0.05, 0) is 30.4 Å². The van der Waals surface area contributed by atoms with E-state index in [-0.39, 0.29) is 11.9 Å². The molecule has 1 amide bonds. The Morgan fingerprint density at radius 1 is 1.20 bits per heavy atom. The number of nitrogens with one attached hydrogen (secondary N) is 1. The van der Waals surface area contributed by atoms with Crippen LogP contribution in [0.1, 0.15) is 31.4 Å². The third kappa shape index (κ3) is 3.18. The zero-order valence-corrected chi connectivity index (χ0v) is 11.9. The average Bonchev–Trinajstić information content (AvgIpc) is 2.45. The van der Waals surface area contributed by atoms with E-state index in [1.807, 2.05) is 12.1 Å². The molecule has 4 nitrogen and oxygen atoms in total. The molecule has 0 saturated heterocycles. The molecule has 1 aromatic carbocycles. The summed E-state index contributed by atoms with van der Waals surface area (Å²) in [6, 6.07) is 8.38. The van der Waals surface area contributed by atoms with Crippen LogP contribution in [0.15, 0.2) is 24.3 Å². The van der Waals surface area contributed by atoms with Gasteiger partial charge >= 0.3 is 5.97 Å². The topological polar surface area (TPSA) is 66.4 Å². The highest BCUT2D eigenvalue weighted by atomic mass is 16.4. The number of amides is 1. The minimum absolute atomic E-state index is 0.112. The number of carbonyl (C=O) groups excluding carboxylic acids is 1. The van der Waals surface area contributed by atoms with Gasteiger partial charge in [0, 0.05) is 12.0 Å². The highest BCUT2D eigenvalue weighted by molar-refractivity contribution is 5.84. The number of hydrogen-bond donors (Lipinski definition) is 2. The van der Waals surface area contributed by atoms with Gasteiger partial charge in [-0.2, -0.15) is 0 Å². The van der Waals surface area contributed by atoms with Crippen LogP contribution in [-0.2, 0) is 22.4 Å². The van der Waals surface area contributed by atoms with Crippen LogP contribution in [0.25, 0.3) is 0 Å². The van der Waals surface area contributed by atoms with Gasteiger partial charge in [0.15, 0.2) is 0 Å². The van der Waals surface area contributed by atoms with Gasteiger partial charge in [0.2, 0.25) is 5.91 Å². The van der Waals surface area contributed by atoms with E-state index in [1.165, 1.54) is 11.1 Å². The number of hydrogen-bond acceptors (Lipinski definition) is 2. The predicted molar refractivity (Wildman–Crippen MR) is 76.4 cm³/mol. The summed E-state index contributed by atoms with van der Waals surface area (Å²) >= 11 is 0. The lowest BCUT2D eigenvalue weighted by atomic mass is 9.87. The molecular formula is C16H21NO3. The van der Waals surface area contributed by atoms with Crippen molar-refractivity contribution in [3.63, 3.8) is 0 Å². The van der Waals surface area contributed by atoms with Crippen molar-refractivity contribution >= 4 is 11.9 Å². The molecular weight excluding hydrogens is 254 g/mol. The Morgan fingerprint density at radius 3 is 2.50 bits per heavy atom. The van der Waals surface area contributed by atoms with Crippen molar-refractivity contribution in [3.8, 4) is 0 Å². The van der Waals surface area contributed by atoms with Crippen molar-refractivity contribution in [1.82, 2.24) is 5.32 Å². The maximum absolute atomic E-state index is 12.1. The number of carboxylic acid groups (broad SMARTS) is 1. The van der Waals surface area contributed by atoms with E-state index >= 15 is 0 Å². The molecule has 3 atom stereocenters. The Labute approximate surface area is 119 Å². The molecule has 2 rings (SSSR count). The van der Waals surface area contributed by atoms with Crippen LogP contribution >= 0.6 is 0 Å². The molecule has 108 valence electrons. The lowest BCUT2D eigenvalue weighted by molar-refractivity contribution is -0.146. The average molecular weight is 275 g/mol. The molecule has 1 aliphatic rings.